The number of carbonyl (C=O) groups excluding carboxylic acids is 1. The Bertz CT molecular complexity index is 860. The average molecular weight is 400 g/mol. The summed E-state index contributed by atoms with van der Waals surface area (Å²) in [5.74, 6) is -0.460. The third-order valence-electron chi connectivity index (χ3n) is 3.79. The standard InChI is InChI=1S/C18H22ClNO5S/c1-13-17(20-18(25-13)15-8-3-4-9-16(15)19)12-26(22,23)11-14(21)7-5-6-10-24-2/h3-4,8-9H,5-7,10-12H2,1-2H3. The van der Waals surface area contributed by atoms with E-state index in [1.165, 1.54) is 0 Å². The Morgan fingerprint density at radius 1 is 1.27 bits per heavy atom. The fraction of sp³-hybridized carbons (Fsp3) is 0.444. The number of ketones is 1. The Balaban J connectivity index is 2.03. The lowest BCUT2D eigenvalue weighted by Gasteiger charge is -2.03. The maximum Gasteiger partial charge on any atom is 0.228 e. The van der Waals surface area contributed by atoms with E-state index in [1.54, 1.807) is 38.3 Å². The largest absolute Gasteiger partial charge is 0.441 e. The smallest absolute Gasteiger partial charge is 0.228 e. The van der Waals surface area contributed by atoms with Crippen LogP contribution in [-0.2, 0) is 25.1 Å². The van der Waals surface area contributed by atoms with Crippen molar-refractivity contribution in [1.29, 1.82) is 0 Å². The molecule has 26 heavy (non-hydrogen) atoms. The normalized spacial score (nSPS) is 11.7. The maximum atomic E-state index is 12.3. The van der Waals surface area contributed by atoms with Crippen LogP contribution in [0.3, 0.4) is 0 Å². The zero-order chi connectivity index (χ0) is 19.2. The van der Waals surface area contributed by atoms with Gasteiger partial charge in [-0.05, 0) is 31.9 Å². The van der Waals surface area contributed by atoms with Gasteiger partial charge >= 0.3 is 0 Å². The van der Waals surface area contributed by atoms with Crippen LogP contribution in [0.1, 0.15) is 30.7 Å². The molecule has 0 aliphatic rings. The van der Waals surface area contributed by atoms with E-state index in [2.05, 4.69) is 4.98 Å². The number of halogens is 1. The van der Waals surface area contributed by atoms with Crippen molar-refractivity contribution in [3.05, 3.63) is 40.7 Å². The number of ether oxygens (including phenoxy) is 1. The highest BCUT2D eigenvalue weighted by atomic mass is 35.5. The van der Waals surface area contributed by atoms with Crippen LogP contribution in [0.4, 0.5) is 0 Å². The number of rotatable bonds is 10. The molecule has 0 aliphatic heterocycles. The number of sulfone groups is 1. The Labute approximate surface area is 158 Å². The van der Waals surface area contributed by atoms with E-state index in [0.29, 0.717) is 35.1 Å². The predicted molar refractivity (Wildman–Crippen MR) is 99.9 cm³/mol. The fourth-order valence-corrected chi connectivity index (χ4v) is 4.10. The molecule has 6 nitrogen and oxygen atoms in total. The minimum absolute atomic E-state index is 0.227. The summed E-state index contributed by atoms with van der Waals surface area (Å²) >= 11 is 6.12. The van der Waals surface area contributed by atoms with Crippen LogP contribution in [-0.4, -0.2) is 38.7 Å². The van der Waals surface area contributed by atoms with Gasteiger partial charge in [0.15, 0.2) is 9.84 Å². The van der Waals surface area contributed by atoms with E-state index in [4.69, 9.17) is 20.8 Å². The lowest BCUT2D eigenvalue weighted by atomic mass is 10.2. The molecule has 2 aromatic rings. The highest BCUT2D eigenvalue weighted by Crippen LogP contribution is 2.29. The highest BCUT2D eigenvalue weighted by Gasteiger charge is 2.22. The number of Topliss-reactive ketones (excluding diaryl/α,β-unsaturated/α-hetero) is 1. The molecule has 142 valence electrons. The molecule has 8 heteroatoms. The third-order valence-corrected chi connectivity index (χ3v) is 5.59. The molecule has 0 aliphatic carbocycles. The molecule has 0 saturated heterocycles. The van der Waals surface area contributed by atoms with Crippen LogP contribution in [0.2, 0.25) is 5.02 Å². The van der Waals surface area contributed by atoms with Crippen LogP contribution in [0.15, 0.2) is 28.7 Å². The molecule has 0 radical (unpaired) electrons. The number of carbonyl (C=O) groups is 1. The van der Waals surface area contributed by atoms with E-state index in [9.17, 15) is 13.2 Å². The molecule has 0 bridgehead atoms. The molecule has 0 unspecified atom stereocenters. The first kappa shape index (κ1) is 20.6. The highest BCUT2D eigenvalue weighted by molar-refractivity contribution is 7.91. The summed E-state index contributed by atoms with van der Waals surface area (Å²) in [6, 6.07) is 7.02. The van der Waals surface area contributed by atoms with Crippen LogP contribution in [0, 0.1) is 6.92 Å². The summed E-state index contributed by atoms with van der Waals surface area (Å²) in [7, 11) is -2.03. The Kier molecular flexibility index (Phi) is 7.37. The summed E-state index contributed by atoms with van der Waals surface area (Å²) in [6.07, 6.45) is 1.57. The molecular weight excluding hydrogens is 378 g/mol. The quantitative estimate of drug-likeness (QED) is 0.567. The average Bonchev–Trinajstić information content (AvgIpc) is 2.91. The van der Waals surface area contributed by atoms with Gasteiger partial charge in [0, 0.05) is 20.1 Å². The molecule has 0 amide bonds. The van der Waals surface area contributed by atoms with Gasteiger partial charge < -0.3 is 9.15 Å². The predicted octanol–water partition coefficient (Wildman–Crippen LogP) is 3.60. The summed E-state index contributed by atoms with van der Waals surface area (Å²) < 4.78 is 35.1. The number of oxazole rings is 1. The van der Waals surface area contributed by atoms with Crippen molar-refractivity contribution in [2.45, 2.75) is 31.9 Å². The van der Waals surface area contributed by atoms with Crippen LogP contribution >= 0.6 is 11.6 Å². The van der Waals surface area contributed by atoms with Gasteiger partial charge in [-0.1, -0.05) is 23.7 Å². The van der Waals surface area contributed by atoms with Gasteiger partial charge in [0.1, 0.15) is 17.3 Å². The van der Waals surface area contributed by atoms with E-state index in [1.807, 2.05) is 0 Å². The second kappa shape index (κ2) is 9.30. The number of hydrogen-bond acceptors (Lipinski definition) is 6. The number of unbranched alkanes of at least 4 members (excludes halogenated alkanes) is 1. The zero-order valence-corrected chi connectivity index (χ0v) is 16.4. The summed E-state index contributed by atoms with van der Waals surface area (Å²) in [5, 5.41) is 0.467. The van der Waals surface area contributed by atoms with Crippen molar-refractivity contribution >= 4 is 27.2 Å². The fourth-order valence-electron chi connectivity index (χ4n) is 2.46. The molecule has 0 fully saturated rings. The molecule has 0 saturated carbocycles. The number of hydrogen-bond donors (Lipinski definition) is 0. The summed E-state index contributed by atoms with van der Waals surface area (Å²) in [4.78, 5) is 16.1. The van der Waals surface area contributed by atoms with Gasteiger partial charge in [0.2, 0.25) is 5.89 Å². The minimum atomic E-state index is -3.61. The first-order chi connectivity index (χ1) is 12.3. The summed E-state index contributed by atoms with van der Waals surface area (Å²) in [6.45, 7) is 2.20. The number of aromatic nitrogens is 1. The maximum absolute atomic E-state index is 12.3. The zero-order valence-electron chi connectivity index (χ0n) is 14.8. The first-order valence-corrected chi connectivity index (χ1v) is 10.4. The van der Waals surface area contributed by atoms with Crippen LogP contribution in [0.25, 0.3) is 11.5 Å². The summed E-state index contributed by atoms with van der Waals surface area (Å²) in [5.41, 5.74) is 0.891. The molecule has 1 heterocycles. The van der Waals surface area contributed by atoms with Crippen LogP contribution in [0.5, 0.6) is 0 Å². The monoisotopic (exact) mass is 399 g/mol. The number of aryl methyl sites for hydroxylation is 1. The van der Waals surface area contributed by atoms with Gasteiger partial charge in [0.05, 0.1) is 22.0 Å². The van der Waals surface area contributed by atoms with E-state index < -0.39 is 15.6 Å². The van der Waals surface area contributed by atoms with Crippen molar-refractivity contribution in [1.82, 2.24) is 4.98 Å². The molecule has 0 N–H and O–H groups in total. The van der Waals surface area contributed by atoms with Gasteiger partial charge in [-0.25, -0.2) is 13.4 Å². The number of methoxy groups -OCH3 is 1. The van der Waals surface area contributed by atoms with Gasteiger partial charge in [-0.2, -0.15) is 0 Å². The van der Waals surface area contributed by atoms with Gasteiger partial charge in [-0.15, -0.1) is 0 Å². The topological polar surface area (TPSA) is 86.5 Å². The minimum Gasteiger partial charge on any atom is -0.441 e. The Morgan fingerprint density at radius 2 is 2.00 bits per heavy atom. The number of benzene rings is 1. The molecule has 1 aromatic heterocycles. The Morgan fingerprint density at radius 3 is 2.69 bits per heavy atom. The van der Waals surface area contributed by atoms with E-state index in [-0.39, 0.29) is 23.8 Å². The molecular formula is C18H22ClNO5S. The van der Waals surface area contributed by atoms with Crippen molar-refractivity contribution in [2.24, 2.45) is 0 Å². The lowest BCUT2D eigenvalue weighted by Crippen LogP contribution is -2.18. The van der Waals surface area contributed by atoms with Crippen molar-refractivity contribution in [2.75, 3.05) is 19.5 Å². The molecule has 0 atom stereocenters. The van der Waals surface area contributed by atoms with E-state index >= 15 is 0 Å². The van der Waals surface area contributed by atoms with Crippen molar-refractivity contribution < 1.29 is 22.4 Å². The second-order valence-electron chi connectivity index (χ2n) is 6.02. The number of nitrogens with zero attached hydrogens (tertiary/aromatic N) is 1. The Hall–Kier alpha value is -1.70. The lowest BCUT2D eigenvalue weighted by molar-refractivity contribution is -0.116. The van der Waals surface area contributed by atoms with Crippen molar-refractivity contribution in [3.63, 3.8) is 0 Å². The molecule has 2 rings (SSSR count). The SMILES string of the molecule is COCCCCC(=O)CS(=O)(=O)Cc1nc(-c2ccccc2Cl)oc1C. The van der Waals surface area contributed by atoms with Crippen LogP contribution < -0.4 is 0 Å². The second-order valence-corrected chi connectivity index (χ2v) is 8.49. The first-order valence-electron chi connectivity index (χ1n) is 8.24. The van der Waals surface area contributed by atoms with Gasteiger partial charge in [0.25, 0.3) is 0 Å². The van der Waals surface area contributed by atoms with Crippen molar-refractivity contribution in [3.8, 4) is 11.5 Å². The van der Waals surface area contributed by atoms with Gasteiger partial charge in [-0.3, -0.25) is 4.79 Å². The van der Waals surface area contributed by atoms with E-state index in [0.717, 1.165) is 6.42 Å². The third kappa shape index (κ3) is 5.93. The molecule has 0 spiro atoms. The molecule has 1 aromatic carbocycles.